The van der Waals surface area contributed by atoms with E-state index in [0.29, 0.717) is 23.9 Å². The summed E-state index contributed by atoms with van der Waals surface area (Å²) in [6, 6.07) is 12.5. The molecule has 0 bridgehead atoms. The minimum absolute atomic E-state index is 0.0934. The van der Waals surface area contributed by atoms with E-state index in [4.69, 9.17) is 15.2 Å². The van der Waals surface area contributed by atoms with Crippen molar-refractivity contribution in [2.24, 2.45) is 10.7 Å². The molecule has 31 heavy (non-hydrogen) atoms. The molecule has 2 aromatic heterocycles. The summed E-state index contributed by atoms with van der Waals surface area (Å²) in [7, 11) is -1.11. The lowest BCUT2D eigenvalue weighted by Gasteiger charge is -2.14. The fourth-order valence-electron chi connectivity index (χ4n) is 2.88. The first-order chi connectivity index (χ1) is 14.9. The van der Waals surface area contributed by atoms with Crippen molar-refractivity contribution in [1.82, 2.24) is 9.38 Å². The van der Waals surface area contributed by atoms with E-state index in [0.717, 1.165) is 29.6 Å². The Balaban J connectivity index is 1.65. The van der Waals surface area contributed by atoms with E-state index in [1.807, 2.05) is 47.0 Å². The molecule has 0 atom stereocenters. The average molecular weight is 439 g/mol. The van der Waals surface area contributed by atoms with E-state index in [-0.39, 0.29) is 6.61 Å². The molecule has 7 nitrogen and oxygen atoms in total. The second-order valence-electron chi connectivity index (χ2n) is 8.40. The summed E-state index contributed by atoms with van der Waals surface area (Å²) in [5.41, 5.74) is 8.67. The number of hydrogen-bond acceptors (Lipinski definition) is 6. The average Bonchev–Trinajstić information content (AvgIpc) is 3.15. The highest BCUT2D eigenvalue weighted by molar-refractivity contribution is 6.76. The third-order valence-corrected chi connectivity index (χ3v) is 6.30. The Kier molecular flexibility index (Phi) is 7.62. The lowest BCUT2D eigenvalue weighted by molar-refractivity contribution is 0.155. The van der Waals surface area contributed by atoms with E-state index < -0.39 is 8.07 Å². The highest BCUT2D eigenvalue weighted by Gasteiger charge is 2.12. The SMILES string of the molecule is C[Si](C)(C)CCOCN=C(C=CN)c1ccc(Oc2ccc3nc(CO)cn3c2)cc1. The number of hydrogen-bond donors (Lipinski definition) is 2. The minimum atomic E-state index is -1.11. The first-order valence-electron chi connectivity index (χ1n) is 10.3. The van der Waals surface area contributed by atoms with E-state index in [2.05, 4.69) is 29.6 Å². The number of fused-ring (bicyclic) bond motifs is 1. The van der Waals surface area contributed by atoms with Gasteiger partial charge < -0.3 is 24.7 Å². The number of nitrogens with two attached hydrogens (primary N) is 1. The van der Waals surface area contributed by atoms with Crippen molar-refractivity contribution in [3.8, 4) is 11.5 Å². The fourth-order valence-corrected chi connectivity index (χ4v) is 3.64. The Morgan fingerprint density at radius 3 is 2.55 bits per heavy atom. The van der Waals surface area contributed by atoms with E-state index in [9.17, 15) is 5.11 Å². The fraction of sp³-hybridized carbons (Fsp3) is 0.304. The number of ether oxygens (including phenoxy) is 2. The van der Waals surface area contributed by atoms with Crippen LogP contribution in [0.25, 0.3) is 5.65 Å². The van der Waals surface area contributed by atoms with Gasteiger partial charge in [0.1, 0.15) is 23.9 Å². The third kappa shape index (κ3) is 6.78. The zero-order valence-electron chi connectivity index (χ0n) is 18.3. The van der Waals surface area contributed by atoms with Gasteiger partial charge in [-0.2, -0.15) is 0 Å². The van der Waals surface area contributed by atoms with E-state index in [1.54, 1.807) is 12.3 Å². The topological polar surface area (TPSA) is 94.4 Å². The van der Waals surface area contributed by atoms with Crippen LogP contribution in [0.3, 0.4) is 0 Å². The molecule has 0 aliphatic heterocycles. The molecule has 0 saturated carbocycles. The van der Waals surface area contributed by atoms with Crippen LogP contribution in [0.2, 0.25) is 25.7 Å². The van der Waals surface area contributed by atoms with Crippen molar-refractivity contribution in [1.29, 1.82) is 0 Å². The Bertz CT molecular complexity index is 1050. The van der Waals surface area contributed by atoms with E-state index in [1.165, 1.54) is 6.20 Å². The van der Waals surface area contributed by atoms with Crippen molar-refractivity contribution in [3.63, 3.8) is 0 Å². The van der Waals surface area contributed by atoms with Gasteiger partial charge in [-0.25, -0.2) is 4.98 Å². The predicted molar refractivity (Wildman–Crippen MR) is 126 cm³/mol. The molecule has 3 rings (SSSR count). The maximum atomic E-state index is 9.23. The molecule has 0 spiro atoms. The van der Waals surface area contributed by atoms with Crippen LogP contribution < -0.4 is 10.5 Å². The molecule has 0 saturated heterocycles. The maximum absolute atomic E-state index is 9.23. The Labute approximate surface area is 183 Å². The number of benzene rings is 1. The number of aliphatic hydroxyl groups excluding tert-OH is 1. The standard InChI is InChI=1S/C23H30N4O3Si/c1-31(2,3)13-12-29-17-25-22(10-11-24)18-4-6-20(7-5-18)30-21-8-9-23-26-19(16-28)14-27(23)15-21/h4-11,14-15,28H,12-13,16-17,24H2,1-3H3. The Morgan fingerprint density at radius 1 is 1.13 bits per heavy atom. The van der Waals surface area contributed by atoms with Gasteiger partial charge in [0.2, 0.25) is 0 Å². The number of nitrogens with zero attached hydrogens (tertiary/aromatic N) is 3. The molecule has 164 valence electrons. The first-order valence-corrected chi connectivity index (χ1v) is 14.0. The summed E-state index contributed by atoms with van der Waals surface area (Å²) in [4.78, 5) is 8.83. The van der Waals surface area contributed by atoms with Crippen LogP contribution in [0.15, 0.2) is 66.1 Å². The zero-order chi connectivity index (χ0) is 22.3. The van der Waals surface area contributed by atoms with Gasteiger partial charge >= 0.3 is 0 Å². The lowest BCUT2D eigenvalue weighted by Crippen LogP contribution is -2.21. The number of rotatable bonds is 10. The van der Waals surface area contributed by atoms with Gasteiger partial charge in [0.15, 0.2) is 0 Å². The highest BCUT2D eigenvalue weighted by Crippen LogP contribution is 2.23. The minimum Gasteiger partial charge on any atom is -0.456 e. The second-order valence-corrected chi connectivity index (χ2v) is 14.0. The summed E-state index contributed by atoms with van der Waals surface area (Å²) < 4.78 is 13.5. The van der Waals surface area contributed by atoms with E-state index >= 15 is 0 Å². The largest absolute Gasteiger partial charge is 0.456 e. The Hall–Kier alpha value is -2.94. The third-order valence-electron chi connectivity index (χ3n) is 4.60. The van der Waals surface area contributed by atoms with Gasteiger partial charge in [0.05, 0.1) is 24.2 Å². The highest BCUT2D eigenvalue weighted by atomic mass is 28.3. The van der Waals surface area contributed by atoms with Gasteiger partial charge in [-0.3, -0.25) is 4.99 Å². The molecular formula is C23H30N4O3Si. The predicted octanol–water partition coefficient (Wildman–Crippen LogP) is 4.19. The van der Waals surface area contributed by atoms with Crippen molar-refractivity contribution < 1.29 is 14.6 Å². The molecule has 3 aromatic rings. The van der Waals surface area contributed by atoms with Crippen LogP contribution in [0.4, 0.5) is 0 Å². The van der Waals surface area contributed by atoms with Gasteiger partial charge in [0.25, 0.3) is 0 Å². The van der Waals surface area contributed by atoms with Crippen LogP contribution in [-0.4, -0.2) is 41.6 Å². The van der Waals surface area contributed by atoms with Crippen LogP contribution in [0.5, 0.6) is 11.5 Å². The Morgan fingerprint density at radius 2 is 1.87 bits per heavy atom. The van der Waals surface area contributed by atoms with Crippen molar-refractivity contribution >= 4 is 19.4 Å². The summed E-state index contributed by atoms with van der Waals surface area (Å²) in [5, 5.41) is 9.23. The van der Waals surface area contributed by atoms with Gasteiger partial charge in [-0.1, -0.05) is 19.6 Å². The maximum Gasteiger partial charge on any atom is 0.144 e. The molecule has 0 amide bonds. The summed E-state index contributed by atoms with van der Waals surface area (Å²) in [6.45, 7) is 7.92. The monoisotopic (exact) mass is 438 g/mol. The van der Waals surface area contributed by atoms with Crippen LogP contribution in [0.1, 0.15) is 11.3 Å². The molecule has 2 heterocycles. The number of aliphatic imine (C=N–C) groups is 1. The molecule has 0 unspecified atom stereocenters. The normalized spacial score (nSPS) is 12.7. The molecule has 0 aliphatic carbocycles. The smallest absolute Gasteiger partial charge is 0.144 e. The summed E-state index contributed by atoms with van der Waals surface area (Å²) >= 11 is 0. The number of allylic oxidation sites excluding steroid dienone is 1. The molecule has 0 aliphatic rings. The van der Waals surface area contributed by atoms with Crippen molar-refractivity contribution in [3.05, 3.63) is 72.3 Å². The van der Waals surface area contributed by atoms with Crippen molar-refractivity contribution in [2.75, 3.05) is 13.3 Å². The molecule has 3 N–H and O–H groups in total. The quantitative estimate of drug-likeness (QED) is 0.281. The molecular weight excluding hydrogens is 408 g/mol. The number of aromatic nitrogens is 2. The van der Waals surface area contributed by atoms with Crippen LogP contribution >= 0.6 is 0 Å². The number of aliphatic hydroxyl groups is 1. The summed E-state index contributed by atoms with van der Waals surface area (Å²) in [6.07, 6.45) is 6.85. The van der Waals surface area contributed by atoms with Crippen molar-refractivity contribution in [2.45, 2.75) is 32.3 Å². The molecule has 1 aromatic carbocycles. The lowest BCUT2D eigenvalue weighted by atomic mass is 10.1. The molecule has 0 radical (unpaired) electrons. The molecule has 0 fully saturated rings. The number of imidazole rings is 1. The second kappa shape index (κ2) is 10.4. The van der Waals surface area contributed by atoms with Gasteiger partial charge in [0, 0.05) is 26.4 Å². The number of pyridine rings is 1. The first kappa shape index (κ1) is 22.7. The van der Waals surface area contributed by atoms with Crippen LogP contribution in [-0.2, 0) is 11.3 Å². The van der Waals surface area contributed by atoms with Gasteiger partial charge in [-0.05, 0) is 54.7 Å². The van der Waals surface area contributed by atoms with Gasteiger partial charge in [-0.15, -0.1) is 0 Å². The summed E-state index contributed by atoms with van der Waals surface area (Å²) in [5.74, 6) is 1.38. The zero-order valence-corrected chi connectivity index (χ0v) is 19.3. The molecule has 8 heteroatoms. The van der Waals surface area contributed by atoms with Crippen LogP contribution in [0, 0.1) is 0 Å².